The van der Waals surface area contributed by atoms with Crippen LogP contribution in [0.4, 0.5) is 10.1 Å². The Morgan fingerprint density at radius 2 is 2.17 bits per heavy atom. The number of nitrogens with one attached hydrogen (secondary N) is 2. The van der Waals surface area contributed by atoms with E-state index < -0.39 is 5.82 Å². The SMILES string of the molecule is Cl.O=C(CNCC1CC1)Nc1cc(Br)ccc1F. The molecule has 3 nitrogen and oxygen atoms in total. The van der Waals surface area contributed by atoms with Gasteiger partial charge in [-0.25, -0.2) is 4.39 Å². The maximum absolute atomic E-state index is 13.3. The summed E-state index contributed by atoms with van der Waals surface area (Å²) >= 11 is 3.23. The van der Waals surface area contributed by atoms with Gasteiger partial charge in [0.25, 0.3) is 0 Å². The average molecular weight is 338 g/mol. The summed E-state index contributed by atoms with van der Waals surface area (Å²) in [5.41, 5.74) is 0.206. The molecule has 1 aliphatic carbocycles. The van der Waals surface area contributed by atoms with Gasteiger partial charge >= 0.3 is 0 Å². The van der Waals surface area contributed by atoms with Crippen LogP contribution in [0, 0.1) is 11.7 Å². The highest BCUT2D eigenvalue weighted by Crippen LogP contribution is 2.27. The van der Waals surface area contributed by atoms with E-state index in [1.807, 2.05) is 0 Å². The van der Waals surface area contributed by atoms with Crippen molar-refractivity contribution in [1.82, 2.24) is 5.32 Å². The highest BCUT2D eigenvalue weighted by molar-refractivity contribution is 9.10. The van der Waals surface area contributed by atoms with Crippen LogP contribution in [0.25, 0.3) is 0 Å². The number of halogens is 3. The molecule has 0 heterocycles. The molecule has 0 aliphatic heterocycles. The van der Waals surface area contributed by atoms with E-state index in [1.54, 1.807) is 12.1 Å². The number of benzene rings is 1. The maximum Gasteiger partial charge on any atom is 0.238 e. The van der Waals surface area contributed by atoms with Crippen LogP contribution in [0.1, 0.15) is 12.8 Å². The second-order valence-electron chi connectivity index (χ2n) is 4.25. The van der Waals surface area contributed by atoms with Gasteiger partial charge in [0.05, 0.1) is 12.2 Å². The van der Waals surface area contributed by atoms with Crippen LogP contribution in [-0.4, -0.2) is 19.0 Å². The lowest BCUT2D eigenvalue weighted by atomic mass is 10.3. The zero-order valence-corrected chi connectivity index (χ0v) is 12.1. The fraction of sp³-hybridized carbons (Fsp3) is 0.417. The Morgan fingerprint density at radius 3 is 2.83 bits per heavy atom. The molecule has 2 N–H and O–H groups in total. The lowest BCUT2D eigenvalue weighted by Crippen LogP contribution is -2.29. The van der Waals surface area contributed by atoms with Crippen molar-refractivity contribution in [3.63, 3.8) is 0 Å². The third-order valence-corrected chi connectivity index (χ3v) is 3.11. The van der Waals surface area contributed by atoms with Crippen molar-refractivity contribution in [1.29, 1.82) is 0 Å². The molecule has 0 bridgehead atoms. The summed E-state index contributed by atoms with van der Waals surface area (Å²) in [6.07, 6.45) is 2.49. The van der Waals surface area contributed by atoms with Gasteiger partial charge in [-0.15, -0.1) is 12.4 Å². The molecule has 1 aliphatic rings. The third kappa shape index (κ3) is 4.92. The molecular formula is C12H15BrClFN2O. The predicted molar refractivity (Wildman–Crippen MR) is 75.6 cm³/mol. The number of carbonyl (C=O) groups is 1. The van der Waals surface area contributed by atoms with E-state index in [9.17, 15) is 9.18 Å². The van der Waals surface area contributed by atoms with E-state index in [2.05, 4.69) is 26.6 Å². The van der Waals surface area contributed by atoms with Gasteiger partial charge < -0.3 is 10.6 Å². The molecule has 0 aromatic heterocycles. The number of anilines is 1. The monoisotopic (exact) mass is 336 g/mol. The van der Waals surface area contributed by atoms with Gasteiger partial charge in [-0.2, -0.15) is 0 Å². The second kappa shape index (κ2) is 7.07. The summed E-state index contributed by atoms with van der Waals surface area (Å²) in [4.78, 5) is 11.5. The Kier molecular flexibility index (Phi) is 6.05. The lowest BCUT2D eigenvalue weighted by molar-refractivity contribution is -0.115. The average Bonchev–Trinajstić information content (AvgIpc) is 3.07. The van der Waals surface area contributed by atoms with E-state index in [-0.39, 0.29) is 30.5 Å². The van der Waals surface area contributed by atoms with E-state index in [0.717, 1.165) is 16.9 Å². The molecule has 0 spiro atoms. The fourth-order valence-corrected chi connectivity index (χ4v) is 1.86. The maximum atomic E-state index is 13.3. The number of hydrogen-bond acceptors (Lipinski definition) is 2. The molecule has 1 saturated carbocycles. The summed E-state index contributed by atoms with van der Waals surface area (Å²) in [5, 5.41) is 5.59. The Labute approximate surface area is 120 Å². The van der Waals surface area contributed by atoms with Gasteiger partial charge in [-0.1, -0.05) is 15.9 Å². The molecule has 0 atom stereocenters. The van der Waals surface area contributed by atoms with Crippen molar-refractivity contribution < 1.29 is 9.18 Å². The molecule has 2 rings (SSSR count). The molecule has 0 unspecified atom stereocenters. The Hall–Kier alpha value is -0.650. The molecule has 1 aromatic rings. The first-order valence-corrected chi connectivity index (χ1v) is 6.40. The quantitative estimate of drug-likeness (QED) is 0.867. The minimum absolute atomic E-state index is 0. The van der Waals surface area contributed by atoms with Crippen molar-refractivity contribution in [3.05, 3.63) is 28.5 Å². The largest absolute Gasteiger partial charge is 0.322 e. The Balaban J connectivity index is 0.00000162. The van der Waals surface area contributed by atoms with Gasteiger partial charge in [0.2, 0.25) is 5.91 Å². The smallest absolute Gasteiger partial charge is 0.238 e. The van der Waals surface area contributed by atoms with Gasteiger partial charge in [-0.3, -0.25) is 4.79 Å². The van der Waals surface area contributed by atoms with Crippen LogP contribution in [-0.2, 0) is 4.79 Å². The van der Waals surface area contributed by atoms with Crippen molar-refractivity contribution in [2.24, 2.45) is 5.92 Å². The predicted octanol–water partition coefficient (Wildman–Crippen LogP) is 2.95. The summed E-state index contributed by atoms with van der Waals surface area (Å²) in [6.45, 7) is 1.09. The zero-order chi connectivity index (χ0) is 12.3. The number of carbonyl (C=O) groups excluding carboxylic acids is 1. The molecule has 0 saturated heterocycles. The molecular weight excluding hydrogens is 323 g/mol. The van der Waals surface area contributed by atoms with Crippen LogP contribution in [0.5, 0.6) is 0 Å². The van der Waals surface area contributed by atoms with E-state index >= 15 is 0 Å². The molecule has 0 radical (unpaired) electrons. The Bertz CT molecular complexity index is 427. The fourth-order valence-electron chi connectivity index (χ4n) is 1.50. The molecule has 6 heteroatoms. The first kappa shape index (κ1) is 15.4. The van der Waals surface area contributed by atoms with E-state index in [1.165, 1.54) is 18.9 Å². The summed E-state index contributed by atoms with van der Waals surface area (Å²) in [6, 6.07) is 4.46. The molecule has 1 fully saturated rings. The normalized spacial score (nSPS) is 13.9. The van der Waals surface area contributed by atoms with Crippen LogP contribution >= 0.6 is 28.3 Å². The lowest BCUT2D eigenvalue weighted by Gasteiger charge is -2.07. The van der Waals surface area contributed by atoms with Gasteiger partial charge in [0.1, 0.15) is 5.82 Å². The minimum atomic E-state index is -0.427. The van der Waals surface area contributed by atoms with Crippen LogP contribution < -0.4 is 10.6 Å². The first-order valence-electron chi connectivity index (χ1n) is 5.61. The first-order chi connectivity index (χ1) is 8.15. The number of hydrogen-bond donors (Lipinski definition) is 2. The molecule has 100 valence electrons. The van der Waals surface area contributed by atoms with E-state index in [0.29, 0.717) is 0 Å². The molecule has 1 amide bonds. The van der Waals surface area contributed by atoms with Crippen molar-refractivity contribution in [2.75, 3.05) is 18.4 Å². The summed E-state index contributed by atoms with van der Waals surface area (Å²) in [7, 11) is 0. The topological polar surface area (TPSA) is 41.1 Å². The molecule has 18 heavy (non-hydrogen) atoms. The van der Waals surface area contributed by atoms with Gasteiger partial charge in [0.15, 0.2) is 0 Å². The van der Waals surface area contributed by atoms with E-state index in [4.69, 9.17) is 0 Å². The Morgan fingerprint density at radius 1 is 1.44 bits per heavy atom. The number of amides is 1. The summed E-state index contributed by atoms with van der Waals surface area (Å²) in [5.74, 6) is 0.0804. The third-order valence-electron chi connectivity index (χ3n) is 2.62. The molecule has 1 aromatic carbocycles. The van der Waals surface area contributed by atoms with Crippen LogP contribution in [0.3, 0.4) is 0 Å². The van der Waals surface area contributed by atoms with Gasteiger partial charge in [0, 0.05) is 4.47 Å². The highest BCUT2D eigenvalue weighted by atomic mass is 79.9. The number of rotatable bonds is 5. The van der Waals surface area contributed by atoms with Crippen molar-refractivity contribution in [2.45, 2.75) is 12.8 Å². The standard InChI is InChI=1S/C12H14BrFN2O.ClH/c13-9-3-4-10(14)11(5-9)16-12(17)7-15-6-8-1-2-8;/h3-5,8,15H,1-2,6-7H2,(H,16,17);1H. The zero-order valence-electron chi connectivity index (χ0n) is 9.71. The van der Waals surface area contributed by atoms with Crippen LogP contribution in [0.15, 0.2) is 22.7 Å². The van der Waals surface area contributed by atoms with Gasteiger partial charge in [-0.05, 0) is 43.5 Å². The minimum Gasteiger partial charge on any atom is -0.322 e. The van der Waals surface area contributed by atoms with Crippen LogP contribution in [0.2, 0.25) is 0 Å². The van der Waals surface area contributed by atoms with Crippen molar-refractivity contribution >= 4 is 39.9 Å². The summed E-state index contributed by atoms with van der Waals surface area (Å²) < 4.78 is 14.1. The second-order valence-corrected chi connectivity index (χ2v) is 5.16. The van der Waals surface area contributed by atoms with Crippen molar-refractivity contribution in [3.8, 4) is 0 Å². The highest BCUT2D eigenvalue weighted by Gasteiger charge is 2.20.